The van der Waals surface area contributed by atoms with Gasteiger partial charge < -0.3 is 15.0 Å². The van der Waals surface area contributed by atoms with Crippen LogP contribution in [0.25, 0.3) is 10.8 Å². The largest absolute Gasteiger partial charge is 0.489 e. The number of rotatable bonds is 4. The molecule has 0 radical (unpaired) electrons. The number of likely N-dealkylation sites (N-methyl/N-ethyl adjacent to an activating group) is 1. The van der Waals surface area contributed by atoms with Crippen LogP contribution in [0.1, 0.15) is 35.5 Å². The maximum Gasteiger partial charge on any atom is 0.272 e. The van der Waals surface area contributed by atoms with E-state index in [1.807, 2.05) is 31.3 Å². The van der Waals surface area contributed by atoms with Crippen molar-refractivity contribution < 1.29 is 9.13 Å². The van der Waals surface area contributed by atoms with Gasteiger partial charge in [-0.05, 0) is 43.3 Å². The molecule has 0 saturated carbocycles. The summed E-state index contributed by atoms with van der Waals surface area (Å²) in [5, 5.41) is 15.5. The van der Waals surface area contributed by atoms with Crippen LogP contribution in [0, 0.1) is 5.82 Å². The molecule has 174 valence electrons. The van der Waals surface area contributed by atoms with Crippen LogP contribution in [-0.2, 0) is 7.05 Å². The topological polar surface area (TPSA) is 101 Å². The van der Waals surface area contributed by atoms with E-state index in [0.29, 0.717) is 22.6 Å². The van der Waals surface area contributed by atoms with Gasteiger partial charge in [0.05, 0.1) is 23.0 Å². The van der Waals surface area contributed by atoms with Crippen molar-refractivity contribution in [1.82, 2.24) is 29.9 Å². The van der Waals surface area contributed by atoms with Crippen molar-refractivity contribution in [2.24, 2.45) is 7.05 Å². The predicted molar refractivity (Wildman–Crippen MR) is 125 cm³/mol. The maximum atomic E-state index is 14.4. The van der Waals surface area contributed by atoms with Gasteiger partial charge in [0.15, 0.2) is 0 Å². The van der Waals surface area contributed by atoms with E-state index in [-0.39, 0.29) is 23.4 Å². The van der Waals surface area contributed by atoms with Crippen molar-refractivity contribution in [2.45, 2.75) is 24.5 Å². The molecule has 2 aromatic carbocycles. The lowest BCUT2D eigenvalue weighted by Crippen LogP contribution is -2.30. The normalized spacial score (nSPS) is 22.1. The van der Waals surface area contributed by atoms with Crippen molar-refractivity contribution in [1.29, 1.82) is 0 Å². The number of nitrogens with zero attached hydrogens (tertiary/aromatic N) is 5. The molecule has 2 aliphatic rings. The van der Waals surface area contributed by atoms with Crippen molar-refractivity contribution in [3.63, 3.8) is 0 Å². The van der Waals surface area contributed by atoms with Crippen molar-refractivity contribution in [3.05, 3.63) is 76.0 Å². The molecule has 3 atom stereocenters. The number of nitrogens with one attached hydrogen (secondary N) is 2. The average molecular weight is 462 g/mol. The van der Waals surface area contributed by atoms with E-state index < -0.39 is 11.4 Å². The highest BCUT2D eigenvalue weighted by Crippen LogP contribution is 2.46. The van der Waals surface area contributed by atoms with E-state index in [1.54, 1.807) is 4.68 Å². The Kier molecular flexibility index (Phi) is 4.84. The minimum atomic E-state index is -0.487. The second-order valence-corrected chi connectivity index (χ2v) is 9.02. The van der Waals surface area contributed by atoms with Gasteiger partial charge in [0.25, 0.3) is 5.56 Å². The Balaban J connectivity index is 1.43. The number of halogens is 1. The zero-order valence-corrected chi connectivity index (χ0v) is 18.8. The fraction of sp³-hybridized carbons (Fsp3) is 0.333. The van der Waals surface area contributed by atoms with Gasteiger partial charge in [0, 0.05) is 31.2 Å². The standard InChI is InChI=1S/C24H24FN7O2/c1-31-8-7-16(11-31)34-15-5-3-13(4-6-15)21-20(23-26-12-27-32(23)2)22-19-17(24(33)30-29-22)9-14(25)10-18(19)28-21/h3-6,9-10,12,16,20-21,28H,7-8,11H2,1-2H3,(H,30,33). The van der Waals surface area contributed by atoms with Gasteiger partial charge in [0.2, 0.25) is 0 Å². The van der Waals surface area contributed by atoms with Crippen LogP contribution in [0.15, 0.2) is 47.5 Å². The first-order valence-corrected chi connectivity index (χ1v) is 11.3. The zero-order valence-electron chi connectivity index (χ0n) is 18.8. The predicted octanol–water partition coefficient (Wildman–Crippen LogP) is 2.57. The van der Waals surface area contributed by atoms with E-state index in [2.05, 4.69) is 37.5 Å². The summed E-state index contributed by atoms with van der Waals surface area (Å²) in [6, 6.07) is 10.3. The smallest absolute Gasteiger partial charge is 0.272 e. The molecule has 34 heavy (non-hydrogen) atoms. The molecule has 4 aromatic rings. The Labute approximate surface area is 194 Å². The summed E-state index contributed by atoms with van der Waals surface area (Å²) in [7, 11) is 3.91. The molecule has 10 heteroatoms. The van der Waals surface area contributed by atoms with E-state index in [0.717, 1.165) is 30.8 Å². The third-order valence-electron chi connectivity index (χ3n) is 6.74. The van der Waals surface area contributed by atoms with Crippen LogP contribution in [0.2, 0.25) is 0 Å². The van der Waals surface area contributed by atoms with Crippen LogP contribution >= 0.6 is 0 Å². The average Bonchev–Trinajstić information content (AvgIpc) is 3.43. The summed E-state index contributed by atoms with van der Waals surface area (Å²) in [4.78, 5) is 19.2. The zero-order chi connectivity index (χ0) is 23.4. The Hall–Kier alpha value is -3.79. The Morgan fingerprint density at radius 3 is 2.71 bits per heavy atom. The molecule has 2 aromatic heterocycles. The molecule has 0 amide bonds. The molecule has 3 unspecified atom stereocenters. The second kappa shape index (κ2) is 7.91. The first kappa shape index (κ1) is 20.8. The third kappa shape index (κ3) is 3.41. The summed E-state index contributed by atoms with van der Waals surface area (Å²) >= 11 is 0. The van der Waals surface area contributed by atoms with Gasteiger partial charge in [-0.25, -0.2) is 14.5 Å². The highest BCUT2D eigenvalue weighted by Gasteiger charge is 2.37. The highest BCUT2D eigenvalue weighted by molar-refractivity contribution is 5.97. The molecular formula is C24H24FN7O2. The third-order valence-corrected chi connectivity index (χ3v) is 6.74. The molecule has 4 heterocycles. The number of aromatic nitrogens is 5. The van der Waals surface area contributed by atoms with E-state index >= 15 is 0 Å². The van der Waals surface area contributed by atoms with Crippen LogP contribution < -0.4 is 15.6 Å². The molecule has 2 aliphatic heterocycles. The summed E-state index contributed by atoms with van der Waals surface area (Å²) in [6.45, 7) is 1.95. The SMILES string of the molecule is CN1CCC(Oc2ccc(C3Nc4cc(F)cc5c(=O)[nH]nc(c45)C3c3ncnn3C)cc2)C1. The fourth-order valence-corrected chi connectivity index (χ4v) is 5.11. The summed E-state index contributed by atoms with van der Waals surface area (Å²) in [6.07, 6.45) is 2.68. The lowest BCUT2D eigenvalue weighted by Gasteiger charge is -2.33. The lowest BCUT2D eigenvalue weighted by atomic mass is 9.83. The number of ether oxygens (including phenoxy) is 1. The van der Waals surface area contributed by atoms with E-state index in [4.69, 9.17) is 4.74 Å². The Morgan fingerprint density at radius 1 is 1.18 bits per heavy atom. The van der Waals surface area contributed by atoms with Gasteiger partial charge in [-0.15, -0.1) is 0 Å². The minimum absolute atomic E-state index is 0.184. The van der Waals surface area contributed by atoms with Crippen LogP contribution in [0.5, 0.6) is 5.75 Å². The summed E-state index contributed by atoms with van der Waals surface area (Å²) < 4.78 is 22.2. The van der Waals surface area contributed by atoms with Crippen molar-refractivity contribution in [3.8, 4) is 5.75 Å². The van der Waals surface area contributed by atoms with Gasteiger partial charge in [0.1, 0.15) is 29.8 Å². The second-order valence-electron chi connectivity index (χ2n) is 9.02. The Morgan fingerprint density at radius 2 is 2.00 bits per heavy atom. The van der Waals surface area contributed by atoms with Crippen molar-refractivity contribution >= 4 is 16.5 Å². The first-order chi connectivity index (χ1) is 16.5. The quantitative estimate of drug-likeness (QED) is 0.482. The molecule has 0 aliphatic carbocycles. The van der Waals surface area contributed by atoms with Crippen LogP contribution in [-0.4, -0.2) is 56.1 Å². The van der Waals surface area contributed by atoms with Crippen LogP contribution in [0.4, 0.5) is 10.1 Å². The van der Waals surface area contributed by atoms with Crippen LogP contribution in [0.3, 0.4) is 0 Å². The number of hydrogen-bond acceptors (Lipinski definition) is 7. The van der Waals surface area contributed by atoms with Gasteiger partial charge in [-0.1, -0.05) is 12.1 Å². The number of aromatic amines is 1. The summed E-state index contributed by atoms with van der Waals surface area (Å²) in [5.74, 6) is 0.646. The molecule has 9 nitrogen and oxygen atoms in total. The monoisotopic (exact) mass is 461 g/mol. The fourth-order valence-electron chi connectivity index (χ4n) is 5.11. The molecular weight excluding hydrogens is 437 g/mol. The number of likely N-dealkylation sites (tertiary alicyclic amines) is 1. The van der Waals surface area contributed by atoms with E-state index in [9.17, 15) is 9.18 Å². The van der Waals surface area contributed by atoms with Crippen molar-refractivity contribution in [2.75, 3.05) is 25.5 Å². The molecule has 6 rings (SSSR count). The summed E-state index contributed by atoms with van der Waals surface area (Å²) in [5.41, 5.74) is 1.68. The number of hydrogen-bond donors (Lipinski definition) is 2. The lowest BCUT2D eigenvalue weighted by molar-refractivity contribution is 0.208. The number of anilines is 1. The van der Waals surface area contributed by atoms with E-state index in [1.165, 1.54) is 18.5 Å². The molecule has 0 bridgehead atoms. The molecule has 1 fully saturated rings. The number of aryl methyl sites for hydroxylation is 1. The molecule has 1 saturated heterocycles. The first-order valence-electron chi connectivity index (χ1n) is 11.3. The molecule has 2 N–H and O–H groups in total. The Bertz CT molecular complexity index is 1430. The van der Waals surface area contributed by atoms with Gasteiger partial charge in [-0.3, -0.25) is 9.48 Å². The minimum Gasteiger partial charge on any atom is -0.489 e. The highest BCUT2D eigenvalue weighted by atomic mass is 19.1. The number of benzene rings is 2. The van der Waals surface area contributed by atoms with Gasteiger partial charge >= 0.3 is 0 Å². The molecule has 0 spiro atoms. The van der Waals surface area contributed by atoms with Gasteiger partial charge in [-0.2, -0.15) is 10.2 Å². The number of H-pyrrole nitrogens is 1. The maximum absolute atomic E-state index is 14.4.